The molecule has 6 heteroatoms. The molecule has 4 amide bonds. The highest BCUT2D eigenvalue weighted by Crippen LogP contribution is 2.38. The molecular formula is C30H48N2O4. The maximum Gasteiger partial charge on any atom is 0.232 e. The third-order valence-electron chi connectivity index (χ3n) is 9.77. The molecule has 6 atom stereocenters. The summed E-state index contributed by atoms with van der Waals surface area (Å²) < 4.78 is 0. The van der Waals surface area contributed by atoms with Gasteiger partial charge in [-0.15, -0.1) is 0 Å². The van der Waals surface area contributed by atoms with Crippen LogP contribution in [0.25, 0.3) is 0 Å². The van der Waals surface area contributed by atoms with Crippen LogP contribution in [0.4, 0.5) is 0 Å². The van der Waals surface area contributed by atoms with E-state index in [-0.39, 0.29) is 53.3 Å². The second-order valence-corrected chi connectivity index (χ2v) is 12.4. The van der Waals surface area contributed by atoms with Crippen molar-refractivity contribution < 1.29 is 19.2 Å². The second kappa shape index (κ2) is 12.7. The van der Waals surface area contributed by atoms with E-state index in [1.54, 1.807) is 11.9 Å². The lowest BCUT2D eigenvalue weighted by atomic mass is 9.79. The summed E-state index contributed by atoms with van der Waals surface area (Å²) in [7, 11) is 1.63. The molecule has 0 spiro atoms. The van der Waals surface area contributed by atoms with Gasteiger partial charge in [0.05, 0.1) is 0 Å². The molecule has 2 saturated carbocycles. The summed E-state index contributed by atoms with van der Waals surface area (Å²) in [6, 6.07) is 0.0313. The van der Waals surface area contributed by atoms with Crippen LogP contribution < -0.4 is 0 Å². The van der Waals surface area contributed by atoms with E-state index >= 15 is 0 Å². The molecule has 2 heterocycles. The van der Waals surface area contributed by atoms with Crippen LogP contribution in [-0.4, -0.2) is 46.5 Å². The Morgan fingerprint density at radius 2 is 0.917 bits per heavy atom. The van der Waals surface area contributed by atoms with Crippen LogP contribution in [0.2, 0.25) is 0 Å². The number of carbonyl (C=O) groups excluding carboxylic acids is 4. The van der Waals surface area contributed by atoms with Crippen LogP contribution in [0.3, 0.4) is 0 Å². The lowest BCUT2D eigenvalue weighted by Gasteiger charge is -2.40. The number of nitrogens with zero attached hydrogens (tertiary/aromatic N) is 2. The summed E-state index contributed by atoms with van der Waals surface area (Å²) in [5, 5.41) is 0. The van der Waals surface area contributed by atoms with Gasteiger partial charge in [0.1, 0.15) is 0 Å². The maximum absolute atomic E-state index is 13.8. The number of imide groups is 2. The monoisotopic (exact) mass is 500 g/mol. The van der Waals surface area contributed by atoms with Crippen molar-refractivity contribution in [2.75, 3.05) is 7.05 Å². The van der Waals surface area contributed by atoms with Crippen LogP contribution in [0.15, 0.2) is 0 Å². The molecular weight excluding hydrogens is 452 g/mol. The molecule has 0 aromatic heterocycles. The number of hydrogen-bond donors (Lipinski definition) is 0. The average Bonchev–Trinajstić information content (AvgIpc) is 2.97. The van der Waals surface area contributed by atoms with Crippen molar-refractivity contribution in [3.8, 4) is 0 Å². The summed E-state index contributed by atoms with van der Waals surface area (Å²) >= 11 is 0. The maximum atomic E-state index is 13.8. The molecule has 2 aliphatic heterocycles. The predicted octanol–water partition coefficient (Wildman–Crippen LogP) is 5.87. The molecule has 0 radical (unpaired) electrons. The van der Waals surface area contributed by atoms with Gasteiger partial charge in [-0.05, 0) is 63.7 Å². The molecule has 36 heavy (non-hydrogen) atoms. The first kappa shape index (κ1) is 27.3. The summed E-state index contributed by atoms with van der Waals surface area (Å²) in [4.78, 5) is 56.5. The van der Waals surface area contributed by atoms with Gasteiger partial charge < -0.3 is 0 Å². The zero-order valence-electron chi connectivity index (χ0n) is 22.7. The quantitative estimate of drug-likeness (QED) is 0.422. The van der Waals surface area contributed by atoms with Crippen LogP contribution in [0.5, 0.6) is 0 Å². The van der Waals surface area contributed by atoms with E-state index in [0.717, 1.165) is 70.1 Å². The lowest BCUT2D eigenvalue weighted by molar-refractivity contribution is -0.160. The molecule has 0 N–H and O–H groups in total. The smallest absolute Gasteiger partial charge is 0.232 e. The van der Waals surface area contributed by atoms with Gasteiger partial charge >= 0.3 is 0 Å². The number of carbonyl (C=O) groups is 4. The minimum atomic E-state index is -0.193. The van der Waals surface area contributed by atoms with Gasteiger partial charge in [0.25, 0.3) is 0 Å². The number of amides is 4. The largest absolute Gasteiger partial charge is 0.285 e. The Bertz CT molecular complexity index is 811. The SMILES string of the molecule is CC1CCCCCC(N2C(=O)C3CCCCC4CCC(CCC(C3)C2=O)C(=O)N(C)C4=O)CCCC1. The molecule has 4 aliphatic rings. The molecule has 6 unspecified atom stereocenters. The molecule has 4 bridgehead atoms. The van der Waals surface area contributed by atoms with Crippen molar-refractivity contribution in [2.45, 2.75) is 129 Å². The van der Waals surface area contributed by atoms with Crippen molar-refractivity contribution in [1.29, 1.82) is 0 Å². The molecule has 0 aromatic carbocycles. The molecule has 202 valence electrons. The highest BCUT2D eigenvalue weighted by atomic mass is 16.2. The van der Waals surface area contributed by atoms with E-state index in [9.17, 15) is 19.2 Å². The average molecular weight is 501 g/mol. The Morgan fingerprint density at radius 3 is 1.56 bits per heavy atom. The molecule has 4 fully saturated rings. The third kappa shape index (κ3) is 6.39. The topological polar surface area (TPSA) is 74.8 Å². The third-order valence-corrected chi connectivity index (χ3v) is 9.77. The Morgan fingerprint density at radius 1 is 0.500 bits per heavy atom. The summed E-state index contributed by atoms with van der Waals surface area (Å²) in [5.74, 6) is 0.167. The summed E-state index contributed by atoms with van der Waals surface area (Å²) in [6.45, 7) is 2.35. The minimum Gasteiger partial charge on any atom is -0.285 e. The van der Waals surface area contributed by atoms with E-state index < -0.39 is 0 Å². The van der Waals surface area contributed by atoms with Gasteiger partial charge in [-0.25, -0.2) is 0 Å². The number of hydrogen-bond acceptors (Lipinski definition) is 4. The summed E-state index contributed by atoms with van der Waals surface area (Å²) in [6.07, 6.45) is 17.0. The van der Waals surface area contributed by atoms with Crippen LogP contribution in [0, 0.1) is 29.6 Å². The van der Waals surface area contributed by atoms with E-state index in [1.807, 2.05) is 0 Å². The Balaban J connectivity index is 1.52. The zero-order valence-corrected chi connectivity index (χ0v) is 22.7. The van der Waals surface area contributed by atoms with Gasteiger partial charge in [-0.1, -0.05) is 64.7 Å². The van der Waals surface area contributed by atoms with Crippen LogP contribution >= 0.6 is 0 Å². The Kier molecular flexibility index (Phi) is 9.63. The van der Waals surface area contributed by atoms with E-state index in [2.05, 4.69) is 6.92 Å². The normalized spacial score (nSPS) is 36.4. The second-order valence-electron chi connectivity index (χ2n) is 12.4. The molecule has 6 nitrogen and oxygen atoms in total. The first-order valence-electron chi connectivity index (χ1n) is 15.0. The van der Waals surface area contributed by atoms with E-state index in [4.69, 9.17) is 0 Å². The van der Waals surface area contributed by atoms with Gasteiger partial charge in [0, 0.05) is 36.8 Å². The Labute approximate surface area is 217 Å². The first-order valence-corrected chi connectivity index (χ1v) is 15.0. The molecule has 2 aliphatic carbocycles. The van der Waals surface area contributed by atoms with Gasteiger partial charge in [-0.2, -0.15) is 0 Å². The van der Waals surface area contributed by atoms with Crippen LogP contribution in [0.1, 0.15) is 122 Å². The molecule has 2 saturated heterocycles. The number of piperidine rings is 1. The fourth-order valence-electron chi connectivity index (χ4n) is 7.38. The van der Waals surface area contributed by atoms with Gasteiger partial charge in [0.15, 0.2) is 0 Å². The fraction of sp³-hybridized carbons (Fsp3) is 0.867. The minimum absolute atomic E-state index is 0.0164. The van der Waals surface area contributed by atoms with Crippen molar-refractivity contribution in [3.63, 3.8) is 0 Å². The highest BCUT2D eigenvalue weighted by Gasteiger charge is 2.44. The number of likely N-dealkylation sites (tertiary alicyclic amines) is 2. The Hall–Kier alpha value is -1.72. The van der Waals surface area contributed by atoms with Crippen molar-refractivity contribution in [2.24, 2.45) is 29.6 Å². The number of rotatable bonds is 1. The molecule has 0 aromatic rings. The standard InChI is InChI=1S/C30H48N2O4/c1-21-10-4-3-5-14-26(15-9-6-11-21)32-29(35)24-13-8-7-12-22-16-17-23(28(34)31(2)27(22)33)18-19-25(20-24)30(32)36/h21-26H,3-20H2,1-2H3. The van der Waals surface area contributed by atoms with Crippen molar-refractivity contribution in [1.82, 2.24) is 9.80 Å². The van der Waals surface area contributed by atoms with Gasteiger partial charge in [0.2, 0.25) is 23.6 Å². The van der Waals surface area contributed by atoms with Gasteiger partial charge in [-0.3, -0.25) is 29.0 Å². The summed E-state index contributed by atoms with van der Waals surface area (Å²) in [5.41, 5.74) is 0. The predicted molar refractivity (Wildman–Crippen MR) is 140 cm³/mol. The molecule has 4 rings (SSSR count). The number of fused-ring (bicyclic) bond motifs is 5. The first-order chi connectivity index (χ1) is 17.4. The van der Waals surface area contributed by atoms with Crippen molar-refractivity contribution in [3.05, 3.63) is 0 Å². The highest BCUT2D eigenvalue weighted by molar-refractivity contribution is 6.00. The van der Waals surface area contributed by atoms with Crippen molar-refractivity contribution >= 4 is 23.6 Å². The van der Waals surface area contributed by atoms with E-state index in [1.165, 1.54) is 37.0 Å². The van der Waals surface area contributed by atoms with E-state index in [0.29, 0.717) is 19.3 Å². The fourth-order valence-corrected chi connectivity index (χ4v) is 7.38. The lowest BCUT2D eigenvalue weighted by Crippen LogP contribution is -2.54. The van der Waals surface area contributed by atoms with Crippen LogP contribution in [-0.2, 0) is 19.2 Å². The zero-order chi connectivity index (χ0) is 25.7.